The minimum Gasteiger partial charge on any atom is -0.357 e. The van der Waals surface area contributed by atoms with Gasteiger partial charge in [0.2, 0.25) is 0 Å². The lowest BCUT2D eigenvalue weighted by molar-refractivity contribution is 1.01. The van der Waals surface area contributed by atoms with E-state index in [0.29, 0.717) is 0 Å². The van der Waals surface area contributed by atoms with Crippen LogP contribution in [0.15, 0.2) is 22.0 Å². The summed E-state index contributed by atoms with van der Waals surface area (Å²) in [5.74, 6) is 0. The number of halogens is 1. The van der Waals surface area contributed by atoms with Gasteiger partial charge in [-0.25, -0.2) is 9.97 Å². The smallest absolute Gasteiger partial charge is 0.187 e. The zero-order valence-corrected chi connectivity index (χ0v) is 8.74. The Labute approximate surface area is 82.1 Å². The van der Waals surface area contributed by atoms with E-state index in [2.05, 4.69) is 30.9 Å². The first-order valence-corrected chi connectivity index (χ1v) is 5.36. The topological polar surface area (TPSA) is 41.6 Å². The maximum Gasteiger partial charge on any atom is 0.187 e. The molecule has 0 bridgehead atoms. The summed E-state index contributed by atoms with van der Waals surface area (Å²) in [4.78, 5) is 11.5. The highest BCUT2D eigenvalue weighted by atomic mass is 79.9. The zero-order chi connectivity index (χ0) is 8.55. The van der Waals surface area contributed by atoms with Crippen LogP contribution in [0.25, 0.3) is 11.0 Å². The maximum absolute atomic E-state index is 4.33. The molecule has 1 N–H and O–H groups in total. The van der Waals surface area contributed by atoms with E-state index in [-0.39, 0.29) is 0 Å². The third-order valence-corrected chi connectivity index (χ3v) is 2.70. The van der Waals surface area contributed by atoms with E-state index in [0.717, 1.165) is 20.7 Å². The molecule has 5 heteroatoms. The molecule has 3 nitrogen and oxygen atoms in total. The largest absolute Gasteiger partial charge is 0.357 e. The molecule has 0 aliphatic heterocycles. The number of aromatic nitrogens is 3. The van der Waals surface area contributed by atoms with Gasteiger partial charge >= 0.3 is 0 Å². The third kappa shape index (κ3) is 1.23. The number of fused-ring (bicyclic) bond motifs is 1. The van der Waals surface area contributed by atoms with E-state index in [1.54, 1.807) is 6.20 Å². The minimum absolute atomic E-state index is 0.794. The van der Waals surface area contributed by atoms with E-state index in [1.165, 1.54) is 11.8 Å². The molecular formula is C7H6BrN3S. The number of rotatable bonds is 1. The van der Waals surface area contributed by atoms with Crippen LogP contribution in [0.2, 0.25) is 0 Å². The summed E-state index contributed by atoms with van der Waals surface area (Å²) in [5, 5.41) is 0.794. The number of H-pyrrole nitrogens is 1. The highest BCUT2D eigenvalue weighted by Crippen LogP contribution is 2.22. The number of thioether (sulfide) groups is 1. The fraction of sp³-hybridized carbons (Fsp3) is 0.143. The van der Waals surface area contributed by atoms with Gasteiger partial charge in [-0.1, -0.05) is 11.8 Å². The summed E-state index contributed by atoms with van der Waals surface area (Å²) in [6, 6.07) is 0. The molecule has 0 fully saturated rings. The van der Waals surface area contributed by atoms with Crippen LogP contribution < -0.4 is 0 Å². The predicted molar refractivity (Wildman–Crippen MR) is 53.4 cm³/mol. The Bertz CT molecular complexity index is 412. The Kier molecular flexibility index (Phi) is 2.06. The summed E-state index contributed by atoms with van der Waals surface area (Å²) >= 11 is 4.94. The van der Waals surface area contributed by atoms with E-state index in [1.807, 2.05) is 12.5 Å². The first kappa shape index (κ1) is 8.07. The van der Waals surface area contributed by atoms with Gasteiger partial charge in [-0.3, -0.25) is 0 Å². The minimum atomic E-state index is 0.794. The van der Waals surface area contributed by atoms with Crippen LogP contribution in [0.1, 0.15) is 0 Å². The molecule has 0 atom stereocenters. The molecular weight excluding hydrogens is 238 g/mol. The van der Waals surface area contributed by atoms with Crippen molar-refractivity contribution in [2.75, 3.05) is 6.26 Å². The van der Waals surface area contributed by atoms with Gasteiger partial charge in [-0.05, 0) is 22.2 Å². The van der Waals surface area contributed by atoms with Crippen LogP contribution in [0.3, 0.4) is 0 Å². The van der Waals surface area contributed by atoms with Gasteiger partial charge < -0.3 is 4.98 Å². The van der Waals surface area contributed by atoms with Gasteiger partial charge in [0.25, 0.3) is 0 Å². The molecule has 0 radical (unpaired) electrons. The SMILES string of the molecule is CSc1ncc2[nH]cc(Br)c2n1. The number of hydrogen-bond donors (Lipinski definition) is 1. The van der Waals surface area contributed by atoms with Gasteiger partial charge in [0, 0.05) is 6.20 Å². The maximum atomic E-state index is 4.33. The Morgan fingerprint density at radius 2 is 2.42 bits per heavy atom. The molecule has 12 heavy (non-hydrogen) atoms. The van der Waals surface area contributed by atoms with E-state index >= 15 is 0 Å². The normalized spacial score (nSPS) is 10.8. The van der Waals surface area contributed by atoms with Crippen molar-refractivity contribution in [3.05, 3.63) is 16.9 Å². The summed E-state index contributed by atoms with van der Waals surface area (Å²) < 4.78 is 0.982. The molecule has 0 aliphatic rings. The predicted octanol–water partition coefficient (Wildman–Crippen LogP) is 2.44. The number of nitrogens with one attached hydrogen (secondary N) is 1. The van der Waals surface area contributed by atoms with Crippen molar-refractivity contribution in [3.8, 4) is 0 Å². The molecule has 2 aromatic heterocycles. The fourth-order valence-corrected chi connectivity index (χ4v) is 1.72. The summed E-state index contributed by atoms with van der Waals surface area (Å²) in [6.07, 6.45) is 5.62. The molecule has 2 heterocycles. The molecule has 0 amide bonds. The fourth-order valence-electron chi connectivity index (χ4n) is 0.961. The standard InChI is InChI=1S/C7H6BrN3S/c1-12-7-10-3-5-6(11-7)4(8)2-9-5/h2-3,9H,1H3. The lowest BCUT2D eigenvalue weighted by Gasteiger charge is -1.93. The Balaban J connectivity index is 2.71. The van der Waals surface area contributed by atoms with E-state index < -0.39 is 0 Å². The number of aromatic amines is 1. The summed E-state index contributed by atoms with van der Waals surface area (Å²) in [6.45, 7) is 0. The van der Waals surface area contributed by atoms with Crippen LogP contribution in [-0.4, -0.2) is 21.2 Å². The quantitative estimate of drug-likeness (QED) is 0.618. The van der Waals surface area contributed by atoms with Gasteiger partial charge in [0.15, 0.2) is 5.16 Å². The molecule has 0 saturated heterocycles. The summed E-state index contributed by atoms with van der Waals surface area (Å²) in [7, 11) is 0. The molecule has 62 valence electrons. The van der Waals surface area contributed by atoms with Crippen LogP contribution in [0, 0.1) is 0 Å². The lowest BCUT2D eigenvalue weighted by atomic mass is 10.5. The molecule has 0 aromatic carbocycles. The monoisotopic (exact) mass is 243 g/mol. The van der Waals surface area contributed by atoms with Gasteiger partial charge in [-0.15, -0.1) is 0 Å². The van der Waals surface area contributed by atoms with Crippen molar-refractivity contribution < 1.29 is 0 Å². The molecule has 2 rings (SSSR count). The van der Waals surface area contributed by atoms with Gasteiger partial charge in [0.05, 0.1) is 16.2 Å². The van der Waals surface area contributed by atoms with Gasteiger partial charge in [0.1, 0.15) is 5.52 Å². The van der Waals surface area contributed by atoms with Crippen molar-refractivity contribution in [2.45, 2.75) is 5.16 Å². The Morgan fingerprint density at radius 1 is 1.58 bits per heavy atom. The first-order valence-electron chi connectivity index (χ1n) is 3.35. The summed E-state index contributed by atoms with van der Waals surface area (Å²) in [5.41, 5.74) is 1.90. The molecule has 0 aliphatic carbocycles. The van der Waals surface area contributed by atoms with E-state index in [9.17, 15) is 0 Å². The van der Waals surface area contributed by atoms with Crippen LogP contribution in [0.4, 0.5) is 0 Å². The second-order valence-corrected chi connectivity index (χ2v) is 3.88. The Hall–Kier alpha value is -0.550. The number of hydrogen-bond acceptors (Lipinski definition) is 3. The van der Waals surface area contributed by atoms with Crippen molar-refractivity contribution in [3.63, 3.8) is 0 Å². The van der Waals surface area contributed by atoms with Crippen LogP contribution >= 0.6 is 27.7 Å². The van der Waals surface area contributed by atoms with Crippen molar-refractivity contribution in [1.29, 1.82) is 0 Å². The third-order valence-electron chi connectivity index (χ3n) is 1.53. The van der Waals surface area contributed by atoms with Crippen LogP contribution in [0.5, 0.6) is 0 Å². The average Bonchev–Trinajstić information content (AvgIpc) is 2.47. The van der Waals surface area contributed by atoms with Gasteiger partial charge in [-0.2, -0.15) is 0 Å². The lowest BCUT2D eigenvalue weighted by Crippen LogP contribution is -1.84. The first-order chi connectivity index (χ1) is 5.81. The Morgan fingerprint density at radius 3 is 3.17 bits per heavy atom. The van der Waals surface area contributed by atoms with Crippen molar-refractivity contribution >= 4 is 38.7 Å². The van der Waals surface area contributed by atoms with Crippen molar-refractivity contribution in [1.82, 2.24) is 15.0 Å². The van der Waals surface area contributed by atoms with Crippen molar-refractivity contribution in [2.24, 2.45) is 0 Å². The highest BCUT2D eigenvalue weighted by molar-refractivity contribution is 9.10. The molecule has 0 unspecified atom stereocenters. The average molecular weight is 244 g/mol. The molecule has 2 aromatic rings. The zero-order valence-electron chi connectivity index (χ0n) is 6.34. The number of nitrogens with zero attached hydrogens (tertiary/aromatic N) is 2. The van der Waals surface area contributed by atoms with Crippen LogP contribution in [-0.2, 0) is 0 Å². The second-order valence-electron chi connectivity index (χ2n) is 2.26. The van der Waals surface area contributed by atoms with E-state index in [4.69, 9.17) is 0 Å². The highest BCUT2D eigenvalue weighted by Gasteiger charge is 2.03. The molecule has 0 spiro atoms. The molecule has 0 saturated carbocycles. The second kappa shape index (κ2) is 3.06.